The lowest BCUT2D eigenvalue weighted by molar-refractivity contribution is -0.141. The Kier molecular flexibility index (Phi) is 5.62. The van der Waals surface area contributed by atoms with Crippen LogP contribution in [0.25, 0.3) is 0 Å². The molecule has 2 aromatic rings. The number of hydrogen-bond acceptors (Lipinski definition) is 4. The van der Waals surface area contributed by atoms with Crippen LogP contribution in [0.3, 0.4) is 0 Å². The molecule has 0 saturated carbocycles. The summed E-state index contributed by atoms with van der Waals surface area (Å²) in [7, 11) is 0. The maximum atomic E-state index is 12.9. The molecule has 2 amide bonds. The van der Waals surface area contributed by atoms with Crippen LogP contribution in [0.4, 0.5) is 0 Å². The summed E-state index contributed by atoms with van der Waals surface area (Å²) in [5, 5.41) is 6.93. The van der Waals surface area contributed by atoms with E-state index in [0.29, 0.717) is 18.5 Å². The van der Waals surface area contributed by atoms with Crippen molar-refractivity contribution in [2.75, 3.05) is 0 Å². The zero-order chi connectivity index (χ0) is 19.5. The normalized spacial score (nSPS) is 24.0. The number of amides is 2. The van der Waals surface area contributed by atoms with Gasteiger partial charge in [0, 0.05) is 54.3 Å². The number of aromatic nitrogens is 1. The highest BCUT2D eigenvalue weighted by Crippen LogP contribution is 2.34. The zero-order valence-electron chi connectivity index (χ0n) is 15.8. The van der Waals surface area contributed by atoms with Crippen molar-refractivity contribution in [2.24, 2.45) is 0 Å². The van der Waals surface area contributed by atoms with Crippen LogP contribution in [0, 0.1) is 0 Å². The highest BCUT2D eigenvalue weighted by Gasteiger charge is 2.40. The molecule has 2 aliphatic heterocycles. The number of nitrogens with zero attached hydrogens (tertiary/aromatic N) is 2. The fourth-order valence-electron chi connectivity index (χ4n) is 4.56. The van der Waals surface area contributed by atoms with Crippen LogP contribution in [-0.4, -0.2) is 39.4 Å². The molecule has 4 heterocycles. The molecule has 1 N–H and O–H groups in total. The second-order valence-electron chi connectivity index (χ2n) is 7.68. The van der Waals surface area contributed by atoms with Crippen LogP contribution in [0.1, 0.15) is 48.9 Å². The first-order chi connectivity index (χ1) is 13.6. The molecule has 2 fully saturated rings. The van der Waals surface area contributed by atoms with Crippen molar-refractivity contribution in [3.63, 3.8) is 0 Å². The lowest BCUT2D eigenvalue weighted by atomic mass is 9.81. The van der Waals surface area contributed by atoms with Crippen molar-refractivity contribution in [3.05, 3.63) is 57.1 Å². The molecule has 6 nitrogen and oxygen atoms in total. The number of nitrogens with one attached hydrogen (secondary N) is 1. The number of aryl methyl sites for hydroxylation is 1. The Hall–Kier alpha value is -2.41. The minimum atomic E-state index is -0.0784. The van der Waals surface area contributed by atoms with Gasteiger partial charge in [0.25, 0.3) is 11.5 Å². The molecule has 7 heteroatoms. The van der Waals surface area contributed by atoms with E-state index in [0.717, 1.165) is 32.1 Å². The van der Waals surface area contributed by atoms with Gasteiger partial charge in [0.2, 0.25) is 5.91 Å². The molecule has 2 aromatic heterocycles. The lowest BCUT2D eigenvalue weighted by Crippen LogP contribution is -2.58. The first-order valence-electron chi connectivity index (χ1n) is 9.91. The fraction of sp³-hybridized carbons (Fsp3) is 0.476. The van der Waals surface area contributed by atoms with Gasteiger partial charge in [-0.25, -0.2) is 0 Å². The van der Waals surface area contributed by atoms with E-state index in [1.165, 1.54) is 17.4 Å². The van der Waals surface area contributed by atoms with Gasteiger partial charge in [-0.05, 0) is 49.6 Å². The summed E-state index contributed by atoms with van der Waals surface area (Å²) in [6.45, 7) is 0.409. The van der Waals surface area contributed by atoms with Gasteiger partial charge in [-0.2, -0.15) is 11.3 Å². The second kappa shape index (κ2) is 8.31. The first kappa shape index (κ1) is 18.9. The van der Waals surface area contributed by atoms with Gasteiger partial charge in [-0.1, -0.05) is 6.07 Å². The van der Waals surface area contributed by atoms with Crippen molar-refractivity contribution in [1.29, 1.82) is 0 Å². The summed E-state index contributed by atoms with van der Waals surface area (Å²) in [5.74, 6) is 0.0978. The molecule has 0 spiro atoms. The molecule has 148 valence electrons. The predicted molar refractivity (Wildman–Crippen MR) is 108 cm³/mol. The Morgan fingerprint density at radius 2 is 1.93 bits per heavy atom. The van der Waals surface area contributed by atoms with E-state index < -0.39 is 0 Å². The summed E-state index contributed by atoms with van der Waals surface area (Å²) in [5.41, 5.74) is 0.632. The Balaban J connectivity index is 1.38. The second-order valence-corrected chi connectivity index (χ2v) is 8.46. The molecule has 2 aliphatic rings. The minimum absolute atomic E-state index is 0.0208. The third-order valence-electron chi connectivity index (χ3n) is 5.85. The zero-order valence-corrected chi connectivity index (χ0v) is 16.6. The number of thiophene rings is 1. The SMILES string of the molecule is O=C(NC1C[C@H]2CCC[C@@H](C1)N2C(=O)CCn1ccccc1=O)c1ccsc1. The minimum Gasteiger partial charge on any atom is -0.349 e. The highest BCUT2D eigenvalue weighted by molar-refractivity contribution is 7.08. The standard InChI is InChI=1S/C21H25N3O3S/c25-19-6-1-2-9-23(19)10-7-20(26)24-17-4-3-5-18(24)13-16(12-17)22-21(27)15-8-11-28-14-15/h1-2,6,8-9,11,14,16-18H,3-5,7,10,12-13H2,(H,22,27)/t16?,17-,18+. The Bertz CT molecular complexity index is 878. The predicted octanol–water partition coefficient (Wildman–Crippen LogP) is 2.64. The number of rotatable bonds is 5. The Morgan fingerprint density at radius 1 is 1.14 bits per heavy atom. The Morgan fingerprint density at radius 3 is 2.61 bits per heavy atom. The summed E-state index contributed by atoms with van der Waals surface area (Å²) in [6, 6.07) is 7.35. The lowest BCUT2D eigenvalue weighted by Gasteiger charge is -2.49. The summed E-state index contributed by atoms with van der Waals surface area (Å²) >= 11 is 1.52. The number of fused-ring (bicyclic) bond motifs is 2. The summed E-state index contributed by atoms with van der Waals surface area (Å²) in [6.07, 6.45) is 6.78. The van der Waals surface area contributed by atoms with Gasteiger partial charge < -0.3 is 14.8 Å². The van der Waals surface area contributed by atoms with Crippen molar-refractivity contribution in [2.45, 2.75) is 63.2 Å². The first-order valence-corrected chi connectivity index (χ1v) is 10.9. The van der Waals surface area contributed by atoms with Crippen molar-refractivity contribution in [3.8, 4) is 0 Å². The number of pyridine rings is 1. The molecule has 28 heavy (non-hydrogen) atoms. The molecule has 3 atom stereocenters. The molecule has 0 aliphatic carbocycles. The van der Waals surface area contributed by atoms with Gasteiger partial charge in [-0.3, -0.25) is 14.4 Å². The summed E-state index contributed by atoms with van der Waals surface area (Å²) in [4.78, 5) is 39.2. The number of carbonyl (C=O) groups excluding carboxylic acids is 2. The molecular formula is C21H25N3O3S. The van der Waals surface area contributed by atoms with Crippen LogP contribution in [0.15, 0.2) is 46.0 Å². The van der Waals surface area contributed by atoms with E-state index in [4.69, 9.17) is 0 Å². The largest absolute Gasteiger partial charge is 0.349 e. The average Bonchev–Trinajstić information content (AvgIpc) is 3.21. The van der Waals surface area contributed by atoms with Crippen molar-refractivity contribution < 1.29 is 9.59 Å². The van der Waals surface area contributed by atoms with Crippen LogP contribution in [0.2, 0.25) is 0 Å². The average molecular weight is 400 g/mol. The maximum absolute atomic E-state index is 12.9. The smallest absolute Gasteiger partial charge is 0.252 e. The quantitative estimate of drug-likeness (QED) is 0.840. The van der Waals surface area contributed by atoms with Gasteiger partial charge in [0.15, 0.2) is 0 Å². The molecule has 4 rings (SSSR count). The Labute approximate surface area is 168 Å². The number of piperidine rings is 2. The van der Waals surface area contributed by atoms with E-state index in [9.17, 15) is 14.4 Å². The monoisotopic (exact) mass is 399 g/mol. The van der Waals surface area contributed by atoms with Crippen LogP contribution in [-0.2, 0) is 11.3 Å². The van der Waals surface area contributed by atoms with E-state index in [-0.39, 0.29) is 35.5 Å². The molecule has 2 bridgehead atoms. The van der Waals surface area contributed by atoms with Crippen LogP contribution in [0.5, 0.6) is 0 Å². The molecule has 0 aromatic carbocycles. The van der Waals surface area contributed by atoms with E-state index >= 15 is 0 Å². The van der Waals surface area contributed by atoms with E-state index in [1.807, 2.05) is 27.8 Å². The fourth-order valence-corrected chi connectivity index (χ4v) is 5.20. The third-order valence-corrected chi connectivity index (χ3v) is 6.53. The number of carbonyl (C=O) groups is 2. The molecule has 0 radical (unpaired) electrons. The van der Waals surface area contributed by atoms with Crippen molar-refractivity contribution >= 4 is 23.2 Å². The van der Waals surface area contributed by atoms with Gasteiger partial charge in [-0.15, -0.1) is 0 Å². The van der Waals surface area contributed by atoms with Crippen LogP contribution < -0.4 is 10.9 Å². The van der Waals surface area contributed by atoms with Crippen LogP contribution >= 0.6 is 11.3 Å². The van der Waals surface area contributed by atoms with Gasteiger partial charge in [0.1, 0.15) is 0 Å². The van der Waals surface area contributed by atoms with Gasteiger partial charge in [0.05, 0.1) is 0 Å². The molecular weight excluding hydrogens is 374 g/mol. The molecule has 1 unspecified atom stereocenters. The molecule has 2 saturated heterocycles. The van der Waals surface area contributed by atoms with Crippen molar-refractivity contribution in [1.82, 2.24) is 14.8 Å². The number of hydrogen-bond donors (Lipinski definition) is 1. The highest BCUT2D eigenvalue weighted by atomic mass is 32.1. The van der Waals surface area contributed by atoms with E-state index in [1.54, 1.807) is 16.8 Å². The topological polar surface area (TPSA) is 71.4 Å². The third kappa shape index (κ3) is 4.04. The summed E-state index contributed by atoms with van der Waals surface area (Å²) < 4.78 is 1.58. The maximum Gasteiger partial charge on any atom is 0.252 e. The van der Waals surface area contributed by atoms with E-state index in [2.05, 4.69) is 5.32 Å². The van der Waals surface area contributed by atoms with Gasteiger partial charge >= 0.3 is 0 Å².